The van der Waals surface area contributed by atoms with Crippen molar-refractivity contribution in [2.24, 2.45) is 5.73 Å². The van der Waals surface area contributed by atoms with E-state index in [0.717, 1.165) is 0 Å². The minimum Gasteiger partial charge on any atom is -0.493 e. The predicted octanol–water partition coefficient (Wildman–Crippen LogP) is 1.96. The Hall–Kier alpha value is -1.75. The van der Waals surface area contributed by atoms with Gasteiger partial charge in [0.05, 0.1) is 19.6 Å². The number of hydrogen-bond donors (Lipinski definition) is 2. The molecule has 1 rings (SSSR count). The summed E-state index contributed by atoms with van der Waals surface area (Å²) >= 11 is 0. The molecular weight excluding hydrogens is 234 g/mol. The molecule has 0 fully saturated rings. The maximum absolute atomic E-state index is 10.6. The van der Waals surface area contributed by atoms with E-state index in [1.807, 2.05) is 13.8 Å². The van der Waals surface area contributed by atoms with E-state index in [0.29, 0.717) is 17.1 Å². The summed E-state index contributed by atoms with van der Waals surface area (Å²) in [7, 11) is 1.55. The zero-order chi connectivity index (χ0) is 13.7. The van der Waals surface area contributed by atoms with Gasteiger partial charge >= 0.3 is 5.97 Å². The van der Waals surface area contributed by atoms with Gasteiger partial charge in [-0.2, -0.15) is 0 Å². The number of carboxylic acid groups (broad SMARTS) is 1. The summed E-state index contributed by atoms with van der Waals surface area (Å²) in [6.07, 6.45) is -0.113. The fourth-order valence-corrected chi connectivity index (χ4v) is 1.58. The molecule has 1 atom stereocenters. The van der Waals surface area contributed by atoms with Gasteiger partial charge in [0.25, 0.3) is 0 Å². The smallest absolute Gasteiger partial charge is 0.305 e. The molecule has 0 radical (unpaired) electrons. The van der Waals surface area contributed by atoms with Gasteiger partial charge in [0.1, 0.15) is 0 Å². The fraction of sp³-hybridized carbons (Fsp3) is 0.462. The van der Waals surface area contributed by atoms with Gasteiger partial charge in [-0.15, -0.1) is 0 Å². The quantitative estimate of drug-likeness (QED) is 0.809. The van der Waals surface area contributed by atoms with Crippen molar-refractivity contribution in [2.75, 3.05) is 7.11 Å². The third kappa shape index (κ3) is 3.92. The molecule has 0 spiro atoms. The monoisotopic (exact) mass is 253 g/mol. The minimum absolute atomic E-state index is 0.00449. The summed E-state index contributed by atoms with van der Waals surface area (Å²) in [6.45, 7) is 3.81. The number of hydrogen-bond acceptors (Lipinski definition) is 4. The summed E-state index contributed by atoms with van der Waals surface area (Å²) in [5.74, 6) is 0.255. The van der Waals surface area contributed by atoms with Gasteiger partial charge in [-0.1, -0.05) is 6.07 Å². The lowest BCUT2D eigenvalue weighted by molar-refractivity contribution is -0.137. The molecule has 0 aliphatic heterocycles. The van der Waals surface area contributed by atoms with Gasteiger partial charge in [0, 0.05) is 6.04 Å². The molecule has 1 aromatic carbocycles. The second kappa shape index (κ2) is 6.26. The summed E-state index contributed by atoms with van der Waals surface area (Å²) in [6, 6.07) is 4.66. The first-order valence-electron chi connectivity index (χ1n) is 5.76. The van der Waals surface area contributed by atoms with Crippen LogP contribution in [0.4, 0.5) is 0 Å². The summed E-state index contributed by atoms with van der Waals surface area (Å²) in [4.78, 5) is 10.6. The van der Waals surface area contributed by atoms with Crippen molar-refractivity contribution in [3.05, 3.63) is 23.8 Å². The van der Waals surface area contributed by atoms with Gasteiger partial charge in [0.15, 0.2) is 11.5 Å². The Morgan fingerprint density at radius 3 is 2.56 bits per heavy atom. The lowest BCUT2D eigenvalue weighted by Gasteiger charge is -2.16. The second-order valence-corrected chi connectivity index (χ2v) is 4.28. The highest BCUT2D eigenvalue weighted by Crippen LogP contribution is 2.31. The van der Waals surface area contributed by atoms with E-state index >= 15 is 0 Å². The fourth-order valence-electron chi connectivity index (χ4n) is 1.58. The van der Waals surface area contributed by atoms with Crippen LogP contribution in [0.3, 0.4) is 0 Å². The number of carbonyl (C=O) groups is 1. The molecule has 0 saturated carbocycles. The Morgan fingerprint density at radius 2 is 2.06 bits per heavy atom. The van der Waals surface area contributed by atoms with Crippen LogP contribution in [-0.2, 0) is 4.79 Å². The van der Waals surface area contributed by atoms with Crippen molar-refractivity contribution in [2.45, 2.75) is 32.4 Å². The maximum atomic E-state index is 10.6. The van der Waals surface area contributed by atoms with Crippen molar-refractivity contribution >= 4 is 5.97 Å². The van der Waals surface area contributed by atoms with E-state index in [1.165, 1.54) is 0 Å². The van der Waals surface area contributed by atoms with Crippen LogP contribution in [0, 0.1) is 0 Å². The summed E-state index contributed by atoms with van der Waals surface area (Å²) < 4.78 is 10.8. The number of ether oxygens (including phenoxy) is 2. The highest BCUT2D eigenvalue weighted by atomic mass is 16.5. The Kier molecular flexibility index (Phi) is 4.97. The Morgan fingerprint density at radius 1 is 1.39 bits per heavy atom. The molecule has 0 amide bonds. The van der Waals surface area contributed by atoms with Crippen LogP contribution in [0.15, 0.2) is 18.2 Å². The van der Waals surface area contributed by atoms with Gasteiger partial charge in [-0.25, -0.2) is 0 Å². The molecule has 0 bridgehead atoms. The molecule has 0 aliphatic rings. The maximum Gasteiger partial charge on any atom is 0.305 e. The minimum atomic E-state index is -0.926. The molecule has 0 heterocycles. The standard InChI is InChI=1S/C13H19NO4/c1-8(2)18-12-6-9(4-5-11(12)17-3)10(14)7-13(15)16/h4-6,8,10H,7,14H2,1-3H3,(H,15,16). The average molecular weight is 253 g/mol. The third-order valence-electron chi connectivity index (χ3n) is 2.37. The van der Waals surface area contributed by atoms with E-state index < -0.39 is 12.0 Å². The predicted molar refractivity (Wildman–Crippen MR) is 67.9 cm³/mol. The van der Waals surface area contributed by atoms with Crippen LogP contribution < -0.4 is 15.2 Å². The molecule has 5 heteroatoms. The number of methoxy groups -OCH3 is 1. The Balaban J connectivity index is 2.97. The van der Waals surface area contributed by atoms with Crippen molar-refractivity contribution in [1.29, 1.82) is 0 Å². The van der Waals surface area contributed by atoms with Gasteiger partial charge < -0.3 is 20.3 Å². The molecular formula is C13H19NO4. The topological polar surface area (TPSA) is 81.8 Å². The largest absolute Gasteiger partial charge is 0.493 e. The van der Waals surface area contributed by atoms with Gasteiger partial charge in [-0.05, 0) is 31.5 Å². The molecule has 0 aliphatic carbocycles. The summed E-state index contributed by atoms with van der Waals surface area (Å²) in [5, 5.41) is 8.72. The normalized spacial score (nSPS) is 12.3. The van der Waals surface area contributed by atoms with E-state index in [2.05, 4.69) is 0 Å². The van der Waals surface area contributed by atoms with E-state index in [9.17, 15) is 4.79 Å². The Labute approximate surface area is 107 Å². The van der Waals surface area contributed by atoms with Crippen molar-refractivity contribution < 1.29 is 19.4 Å². The zero-order valence-electron chi connectivity index (χ0n) is 10.8. The molecule has 1 aromatic rings. The number of aliphatic carboxylic acids is 1. The first-order chi connectivity index (χ1) is 8.43. The van der Waals surface area contributed by atoms with Crippen LogP contribution in [0.1, 0.15) is 31.9 Å². The van der Waals surface area contributed by atoms with Crippen LogP contribution in [-0.4, -0.2) is 24.3 Å². The van der Waals surface area contributed by atoms with Crippen LogP contribution in [0.25, 0.3) is 0 Å². The van der Waals surface area contributed by atoms with E-state index in [4.69, 9.17) is 20.3 Å². The highest BCUT2D eigenvalue weighted by Gasteiger charge is 2.14. The molecule has 18 heavy (non-hydrogen) atoms. The molecule has 1 unspecified atom stereocenters. The summed E-state index contributed by atoms with van der Waals surface area (Å²) in [5.41, 5.74) is 6.53. The third-order valence-corrected chi connectivity index (χ3v) is 2.37. The first-order valence-corrected chi connectivity index (χ1v) is 5.76. The molecule has 0 aromatic heterocycles. The zero-order valence-corrected chi connectivity index (χ0v) is 10.8. The second-order valence-electron chi connectivity index (χ2n) is 4.28. The van der Waals surface area contributed by atoms with Gasteiger partial charge in [-0.3, -0.25) is 4.79 Å². The number of benzene rings is 1. The lowest BCUT2D eigenvalue weighted by atomic mass is 10.0. The van der Waals surface area contributed by atoms with Crippen molar-refractivity contribution in [3.63, 3.8) is 0 Å². The van der Waals surface area contributed by atoms with E-state index in [1.54, 1.807) is 25.3 Å². The molecule has 100 valence electrons. The number of rotatable bonds is 6. The Bertz CT molecular complexity index is 417. The highest BCUT2D eigenvalue weighted by molar-refractivity contribution is 5.68. The van der Waals surface area contributed by atoms with Crippen molar-refractivity contribution in [3.8, 4) is 11.5 Å². The van der Waals surface area contributed by atoms with Crippen LogP contribution in [0.2, 0.25) is 0 Å². The van der Waals surface area contributed by atoms with Crippen LogP contribution in [0.5, 0.6) is 11.5 Å². The first kappa shape index (κ1) is 14.3. The SMILES string of the molecule is COc1ccc(C(N)CC(=O)O)cc1OC(C)C. The van der Waals surface area contributed by atoms with Gasteiger partial charge in [0.2, 0.25) is 0 Å². The lowest BCUT2D eigenvalue weighted by Crippen LogP contribution is -2.15. The number of carboxylic acids is 1. The van der Waals surface area contributed by atoms with E-state index in [-0.39, 0.29) is 12.5 Å². The average Bonchev–Trinajstić information content (AvgIpc) is 2.27. The number of nitrogens with two attached hydrogens (primary N) is 1. The molecule has 3 N–H and O–H groups in total. The van der Waals surface area contributed by atoms with Crippen LogP contribution >= 0.6 is 0 Å². The van der Waals surface area contributed by atoms with Crippen molar-refractivity contribution in [1.82, 2.24) is 0 Å². The molecule has 0 saturated heterocycles. The molecule has 5 nitrogen and oxygen atoms in total.